The second-order valence-electron chi connectivity index (χ2n) is 9.45. The summed E-state index contributed by atoms with van der Waals surface area (Å²) in [7, 11) is 1.66. The van der Waals surface area contributed by atoms with Gasteiger partial charge in [-0.05, 0) is 61.7 Å². The topological polar surface area (TPSA) is 90.2 Å². The number of methoxy groups -OCH3 is 1. The van der Waals surface area contributed by atoms with Gasteiger partial charge in [-0.15, -0.1) is 0 Å². The number of aromatic nitrogens is 3. The van der Waals surface area contributed by atoms with Gasteiger partial charge in [-0.1, -0.05) is 6.07 Å². The average molecular weight is 500 g/mol. The van der Waals surface area contributed by atoms with Crippen LogP contribution in [0.5, 0.6) is 17.2 Å². The molecule has 4 heterocycles. The normalized spacial score (nSPS) is 15.2. The molecule has 6 rings (SSSR count). The lowest BCUT2D eigenvalue weighted by molar-refractivity contribution is -0.125. The van der Waals surface area contributed by atoms with Crippen molar-refractivity contribution in [2.45, 2.75) is 26.3 Å². The van der Waals surface area contributed by atoms with Gasteiger partial charge in [-0.3, -0.25) is 4.79 Å². The number of rotatable bonds is 6. The van der Waals surface area contributed by atoms with Crippen LogP contribution in [0.2, 0.25) is 0 Å². The molecule has 1 saturated heterocycles. The largest absolute Gasteiger partial charge is 0.497 e. The summed E-state index contributed by atoms with van der Waals surface area (Å²) in [5, 5.41) is 7.96. The first kappa shape index (κ1) is 23.1. The molecule has 0 saturated carbocycles. The number of carbonyl (C=O) groups excluding carboxylic acids is 1. The van der Waals surface area contributed by atoms with Crippen molar-refractivity contribution in [3.8, 4) is 28.5 Å². The van der Waals surface area contributed by atoms with E-state index < -0.39 is 0 Å². The number of nitrogens with zero attached hydrogens (tertiary/aromatic N) is 4. The molecule has 0 radical (unpaired) electrons. The van der Waals surface area contributed by atoms with Crippen molar-refractivity contribution < 1.29 is 19.0 Å². The van der Waals surface area contributed by atoms with Gasteiger partial charge in [0.1, 0.15) is 11.6 Å². The summed E-state index contributed by atoms with van der Waals surface area (Å²) in [4.78, 5) is 19.9. The summed E-state index contributed by atoms with van der Waals surface area (Å²) in [6.07, 6.45) is 1.56. The highest BCUT2D eigenvalue weighted by atomic mass is 16.7. The predicted octanol–water partition coefficient (Wildman–Crippen LogP) is 3.97. The van der Waals surface area contributed by atoms with Gasteiger partial charge in [-0.25, -0.2) is 4.98 Å². The Hall–Kier alpha value is -4.27. The van der Waals surface area contributed by atoms with Crippen molar-refractivity contribution in [3.05, 3.63) is 65.9 Å². The lowest BCUT2D eigenvalue weighted by Crippen LogP contribution is -2.41. The SMILES string of the molecule is COc1ccc(-c2cc3nc(C)cc(N4CCC(C(=O)NCc5ccc6c(c5)OCO6)CC4)n3n2)cc1. The maximum Gasteiger partial charge on any atom is 0.231 e. The van der Waals surface area contributed by atoms with Crippen LogP contribution in [0, 0.1) is 12.8 Å². The monoisotopic (exact) mass is 499 g/mol. The minimum absolute atomic E-state index is 0.0174. The summed E-state index contributed by atoms with van der Waals surface area (Å²) in [5.41, 5.74) is 4.61. The van der Waals surface area contributed by atoms with E-state index in [0.717, 1.165) is 77.2 Å². The van der Waals surface area contributed by atoms with Gasteiger partial charge < -0.3 is 24.4 Å². The van der Waals surface area contributed by atoms with E-state index in [9.17, 15) is 4.79 Å². The van der Waals surface area contributed by atoms with Gasteiger partial charge in [0, 0.05) is 48.9 Å². The lowest BCUT2D eigenvalue weighted by Gasteiger charge is -2.33. The van der Waals surface area contributed by atoms with Crippen LogP contribution in [-0.4, -0.2) is 47.5 Å². The summed E-state index contributed by atoms with van der Waals surface area (Å²) >= 11 is 0. The van der Waals surface area contributed by atoms with Gasteiger partial charge in [0.05, 0.1) is 12.8 Å². The number of piperidine rings is 1. The maximum atomic E-state index is 12.9. The van der Waals surface area contributed by atoms with Crippen LogP contribution in [0.15, 0.2) is 54.6 Å². The zero-order valence-electron chi connectivity index (χ0n) is 20.9. The Labute approximate surface area is 215 Å². The molecule has 2 aromatic carbocycles. The Morgan fingerprint density at radius 2 is 1.84 bits per heavy atom. The van der Waals surface area contributed by atoms with E-state index in [1.807, 2.05) is 60.0 Å². The molecule has 0 spiro atoms. The fourth-order valence-electron chi connectivity index (χ4n) is 4.96. The number of fused-ring (bicyclic) bond motifs is 2. The Kier molecular flexibility index (Phi) is 6.04. The molecule has 1 fully saturated rings. The number of amides is 1. The molecular formula is C28H29N5O4. The molecule has 2 aliphatic heterocycles. The fraction of sp³-hybridized carbons (Fsp3) is 0.321. The van der Waals surface area contributed by atoms with Crippen LogP contribution >= 0.6 is 0 Å². The number of carbonyl (C=O) groups is 1. The second kappa shape index (κ2) is 9.65. The smallest absolute Gasteiger partial charge is 0.231 e. The van der Waals surface area contributed by atoms with Crippen LogP contribution in [-0.2, 0) is 11.3 Å². The first-order valence-corrected chi connectivity index (χ1v) is 12.5. The Bertz CT molecular complexity index is 1440. The molecule has 0 bridgehead atoms. The third-order valence-corrected chi connectivity index (χ3v) is 7.02. The quantitative estimate of drug-likeness (QED) is 0.429. The van der Waals surface area contributed by atoms with Gasteiger partial charge in [0.15, 0.2) is 17.1 Å². The van der Waals surface area contributed by atoms with Crippen molar-refractivity contribution in [2.75, 3.05) is 31.9 Å². The molecule has 9 heteroatoms. The van der Waals surface area contributed by atoms with Crippen LogP contribution in [0.1, 0.15) is 24.1 Å². The summed E-state index contributed by atoms with van der Waals surface area (Å²) in [6.45, 7) is 4.27. The predicted molar refractivity (Wildman–Crippen MR) is 139 cm³/mol. The van der Waals surface area contributed by atoms with Gasteiger partial charge >= 0.3 is 0 Å². The number of benzene rings is 2. The Balaban J connectivity index is 1.12. The minimum Gasteiger partial charge on any atom is -0.497 e. The van der Waals surface area contributed by atoms with E-state index in [-0.39, 0.29) is 18.6 Å². The van der Waals surface area contributed by atoms with Gasteiger partial charge in [0.2, 0.25) is 12.7 Å². The van der Waals surface area contributed by atoms with E-state index in [2.05, 4.69) is 16.3 Å². The molecule has 2 aromatic heterocycles. The van der Waals surface area contributed by atoms with Crippen molar-refractivity contribution in [3.63, 3.8) is 0 Å². The zero-order valence-corrected chi connectivity index (χ0v) is 20.9. The minimum atomic E-state index is -0.0174. The number of aryl methyl sites for hydroxylation is 1. The standard InChI is InChI=1S/C28H29N5O4/c1-18-13-27(33-26(30-18)15-23(31-33)20-4-6-22(35-2)7-5-20)32-11-9-21(10-12-32)28(34)29-16-19-3-8-24-25(14-19)37-17-36-24/h3-8,13-15,21H,9-12,16-17H2,1-2H3,(H,29,34). The highest BCUT2D eigenvalue weighted by molar-refractivity contribution is 5.79. The van der Waals surface area contributed by atoms with Crippen molar-refractivity contribution in [2.24, 2.45) is 5.92 Å². The van der Waals surface area contributed by atoms with Crippen LogP contribution in [0.25, 0.3) is 16.9 Å². The first-order chi connectivity index (χ1) is 18.1. The summed E-state index contributed by atoms with van der Waals surface area (Å²) < 4.78 is 18.0. The van der Waals surface area contributed by atoms with Gasteiger partial charge in [-0.2, -0.15) is 9.61 Å². The highest BCUT2D eigenvalue weighted by Crippen LogP contribution is 2.32. The van der Waals surface area contributed by atoms with Crippen molar-refractivity contribution in [1.82, 2.24) is 19.9 Å². The third-order valence-electron chi connectivity index (χ3n) is 7.02. The molecule has 0 atom stereocenters. The summed E-state index contributed by atoms with van der Waals surface area (Å²) in [6, 6.07) is 17.7. The molecule has 37 heavy (non-hydrogen) atoms. The molecule has 0 aliphatic carbocycles. The third kappa shape index (κ3) is 4.64. The van der Waals surface area contributed by atoms with Crippen LogP contribution in [0.3, 0.4) is 0 Å². The fourth-order valence-corrected chi connectivity index (χ4v) is 4.96. The zero-order chi connectivity index (χ0) is 25.4. The Morgan fingerprint density at radius 1 is 1.05 bits per heavy atom. The first-order valence-electron chi connectivity index (χ1n) is 12.5. The molecule has 190 valence electrons. The average Bonchev–Trinajstić information content (AvgIpc) is 3.58. The molecule has 1 amide bonds. The molecule has 0 unspecified atom stereocenters. The number of ether oxygens (including phenoxy) is 3. The summed E-state index contributed by atoms with van der Waals surface area (Å²) in [5.74, 6) is 3.36. The number of nitrogens with one attached hydrogen (secondary N) is 1. The lowest BCUT2D eigenvalue weighted by atomic mass is 9.95. The molecule has 1 N–H and O–H groups in total. The number of hydrogen-bond donors (Lipinski definition) is 1. The van der Waals surface area contributed by atoms with E-state index in [1.165, 1.54) is 0 Å². The molecule has 2 aliphatic rings. The van der Waals surface area contributed by atoms with Crippen LogP contribution < -0.4 is 24.4 Å². The van der Waals surface area contributed by atoms with E-state index >= 15 is 0 Å². The molecule has 9 nitrogen and oxygen atoms in total. The van der Waals surface area contributed by atoms with Crippen molar-refractivity contribution >= 4 is 17.4 Å². The Morgan fingerprint density at radius 3 is 2.62 bits per heavy atom. The molecular weight excluding hydrogens is 470 g/mol. The van der Waals surface area contributed by atoms with E-state index in [0.29, 0.717) is 6.54 Å². The number of hydrogen-bond acceptors (Lipinski definition) is 7. The number of anilines is 1. The van der Waals surface area contributed by atoms with Gasteiger partial charge in [0.25, 0.3) is 0 Å². The van der Waals surface area contributed by atoms with E-state index in [4.69, 9.17) is 24.3 Å². The second-order valence-corrected chi connectivity index (χ2v) is 9.45. The molecule has 4 aromatic rings. The van der Waals surface area contributed by atoms with E-state index in [1.54, 1.807) is 7.11 Å². The van der Waals surface area contributed by atoms with Crippen molar-refractivity contribution in [1.29, 1.82) is 0 Å². The maximum absolute atomic E-state index is 12.9. The van der Waals surface area contributed by atoms with Crippen LogP contribution in [0.4, 0.5) is 5.82 Å². The highest BCUT2D eigenvalue weighted by Gasteiger charge is 2.27.